The highest BCUT2D eigenvalue weighted by molar-refractivity contribution is 5.43. The van der Waals surface area contributed by atoms with Crippen molar-refractivity contribution >= 4 is 5.82 Å². The summed E-state index contributed by atoms with van der Waals surface area (Å²) in [5.41, 5.74) is 0.880. The third-order valence-corrected chi connectivity index (χ3v) is 4.15. The number of nitriles is 1. The Balaban J connectivity index is 1.82. The lowest BCUT2D eigenvalue weighted by Gasteiger charge is -2.35. The highest BCUT2D eigenvalue weighted by Gasteiger charge is 2.39. The number of rotatable bonds is 2. The Bertz CT molecular complexity index is 434. The molecule has 0 atom stereocenters. The second-order valence-corrected chi connectivity index (χ2v) is 5.15. The van der Waals surface area contributed by atoms with Crippen LogP contribution in [0.1, 0.15) is 37.7 Å². The lowest BCUT2D eigenvalue weighted by molar-refractivity contribution is 0.323. The molecule has 0 amide bonds. The Kier molecular flexibility index (Phi) is 2.51. The molecule has 1 aliphatic heterocycles. The summed E-state index contributed by atoms with van der Waals surface area (Å²) < 4.78 is 0. The van der Waals surface area contributed by atoms with Crippen LogP contribution in [-0.4, -0.2) is 18.1 Å². The van der Waals surface area contributed by atoms with Gasteiger partial charge in [-0.2, -0.15) is 5.26 Å². The van der Waals surface area contributed by atoms with Crippen LogP contribution in [0, 0.1) is 11.3 Å². The predicted octanol–water partition coefficient (Wildman–Crippen LogP) is 2.63. The summed E-state index contributed by atoms with van der Waals surface area (Å²) in [7, 11) is 0. The number of hydrogen-bond acceptors (Lipinski definition) is 3. The number of aromatic nitrogens is 1. The number of anilines is 1. The van der Waals surface area contributed by atoms with E-state index in [1.54, 1.807) is 0 Å². The molecule has 17 heavy (non-hydrogen) atoms. The second-order valence-electron chi connectivity index (χ2n) is 5.15. The summed E-state index contributed by atoms with van der Waals surface area (Å²) in [6.07, 6.45) is 7.61. The van der Waals surface area contributed by atoms with Crippen molar-refractivity contribution in [2.24, 2.45) is 0 Å². The second kappa shape index (κ2) is 4.03. The molecule has 1 aromatic heterocycles. The standard InChI is InChI=1S/C14H17N3/c15-11-14(6-3-7-14)12-4-5-13(16-10-12)17-8-1-2-9-17/h4-5,10H,1-3,6-9H2. The van der Waals surface area contributed by atoms with Crippen LogP contribution in [0.25, 0.3) is 0 Å². The van der Waals surface area contributed by atoms with Crippen molar-refractivity contribution in [2.75, 3.05) is 18.0 Å². The van der Waals surface area contributed by atoms with Crippen molar-refractivity contribution in [1.29, 1.82) is 5.26 Å². The average molecular weight is 227 g/mol. The quantitative estimate of drug-likeness (QED) is 0.779. The van der Waals surface area contributed by atoms with Gasteiger partial charge in [0.05, 0.1) is 11.5 Å². The fourth-order valence-corrected chi connectivity index (χ4v) is 2.80. The molecule has 0 N–H and O–H groups in total. The average Bonchev–Trinajstić information content (AvgIpc) is 2.83. The van der Waals surface area contributed by atoms with Crippen molar-refractivity contribution in [1.82, 2.24) is 4.98 Å². The zero-order valence-corrected chi connectivity index (χ0v) is 10.0. The molecular formula is C14H17N3. The summed E-state index contributed by atoms with van der Waals surface area (Å²) in [5.74, 6) is 1.07. The molecule has 2 fully saturated rings. The van der Waals surface area contributed by atoms with Crippen LogP contribution in [-0.2, 0) is 5.41 Å². The van der Waals surface area contributed by atoms with E-state index in [9.17, 15) is 5.26 Å². The molecule has 0 unspecified atom stereocenters. The van der Waals surface area contributed by atoms with E-state index in [4.69, 9.17) is 0 Å². The number of nitrogens with zero attached hydrogens (tertiary/aromatic N) is 3. The third-order valence-electron chi connectivity index (χ3n) is 4.15. The van der Waals surface area contributed by atoms with Crippen molar-refractivity contribution < 1.29 is 0 Å². The van der Waals surface area contributed by atoms with E-state index in [-0.39, 0.29) is 5.41 Å². The fourth-order valence-electron chi connectivity index (χ4n) is 2.80. The summed E-state index contributed by atoms with van der Waals surface area (Å²) in [4.78, 5) is 6.85. The van der Waals surface area contributed by atoms with E-state index in [1.807, 2.05) is 6.20 Å². The van der Waals surface area contributed by atoms with Crippen LogP contribution >= 0.6 is 0 Å². The monoisotopic (exact) mass is 227 g/mol. The minimum Gasteiger partial charge on any atom is -0.357 e. The molecular weight excluding hydrogens is 210 g/mol. The van der Waals surface area contributed by atoms with Gasteiger partial charge < -0.3 is 4.90 Å². The van der Waals surface area contributed by atoms with E-state index < -0.39 is 0 Å². The molecule has 0 aromatic carbocycles. The Hall–Kier alpha value is -1.56. The number of pyridine rings is 1. The zero-order chi connectivity index (χ0) is 11.7. The van der Waals surface area contributed by atoms with Crippen molar-refractivity contribution in [3.63, 3.8) is 0 Å². The van der Waals surface area contributed by atoms with Crippen molar-refractivity contribution in [2.45, 2.75) is 37.5 Å². The predicted molar refractivity (Wildman–Crippen MR) is 66.8 cm³/mol. The lowest BCUT2D eigenvalue weighted by Crippen LogP contribution is -2.32. The van der Waals surface area contributed by atoms with E-state index in [0.29, 0.717) is 0 Å². The lowest BCUT2D eigenvalue weighted by atomic mass is 9.66. The molecule has 1 aromatic rings. The fraction of sp³-hybridized carbons (Fsp3) is 0.571. The van der Waals surface area contributed by atoms with Gasteiger partial charge in [0, 0.05) is 19.3 Å². The van der Waals surface area contributed by atoms with Gasteiger partial charge in [0.1, 0.15) is 5.82 Å². The van der Waals surface area contributed by atoms with E-state index in [2.05, 4.69) is 28.1 Å². The van der Waals surface area contributed by atoms with E-state index >= 15 is 0 Å². The smallest absolute Gasteiger partial charge is 0.128 e. The summed E-state index contributed by atoms with van der Waals surface area (Å²) in [6.45, 7) is 2.24. The van der Waals surface area contributed by atoms with Crippen LogP contribution in [0.15, 0.2) is 18.3 Å². The summed E-state index contributed by atoms with van der Waals surface area (Å²) >= 11 is 0. The molecule has 1 saturated carbocycles. The Morgan fingerprint density at radius 1 is 1.18 bits per heavy atom. The van der Waals surface area contributed by atoms with Crippen LogP contribution < -0.4 is 4.90 Å². The SMILES string of the molecule is N#CC1(c2ccc(N3CCCC3)nc2)CCC1. The van der Waals surface area contributed by atoms with Crippen molar-refractivity contribution in [3.05, 3.63) is 23.9 Å². The molecule has 0 radical (unpaired) electrons. The summed E-state index contributed by atoms with van der Waals surface area (Å²) in [5, 5.41) is 9.28. The van der Waals surface area contributed by atoms with E-state index in [0.717, 1.165) is 37.3 Å². The van der Waals surface area contributed by atoms with E-state index in [1.165, 1.54) is 19.3 Å². The molecule has 2 heterocycles. The maximum Gasteiger partial charge on any atom is 0.128 e. The third kappa shape index (κ3) is 1.68. The molecule has 1 saturated heterocycles. The minimum atomic E-state index is -0.226. The molecule has 3 nitrogen and oxygen atoms in total. The molecule has 2 aliphatic rings. The van der Waals surface area contributed by atoms with Gasteiger partial charge in [0.15, 0.2) is 0 Å². The Morgan fingerprint density at radius 3 is 2.41 bits per heavy atom. The number of hydrogen-bond donors (Lipinski definition) is 0. The highest BCUT2D eigenvalue weighted by atomic mass is 15.2. The van der Waals surface area contributed by atoms with Crippen LogP contribution in [0.5, 0.6) is 0 Å². The van der Waals surface area contributed by atoms with Gasteiger partial charge in [-0.3, -0.25) is 0 Å². The van der Waals surface area contributed by atoms with Crippen molar-refractivity contribution in [3.8, 4) is 6.07 Å². The minimum absolute atomic E-state index is 0.226. The molecule has 0 bridgehead atoms. The topological polar surface area (TPSA) is 39.9 Å². The van der Waals surface area contributed by atoms with Crippen LogP contribution in [0.2, 0.25) is 0 Å². The van der Waals surface area contributed by atoms with Crippen LogP contribution in [0.4, 0.5) is 5.82 Å². The highest BCUT2D eigenvalue weighted by Crippen LogP contribution is 2.43. The first-order chi connectivity index (χ1) is 8.34. The first-order valence-electron chi connectivity index (χ1n) is 6.47. The van der Waals surface area contributed by atoms with Gasteiger partial charge in [-0.25, -0.2) is 4.98 Å². The largest absolute Gasteiger partial charge is 0.357 e. The Morgan fingerprint density at radius 2 is 1.94 bits per heavy atom. The summed E-state index contributed by atoms with van der Waals surface area (Å²) in [6, 6.07) is 6.65. The maximum absolute atomic E-state index is 9.28. The zero-order valence-electron chi connectivity index (χ0n) is 10.0. The molecule has 88 valence electrons. The van der Waals surface area contributed by atoms with Gasteiger partial charge in [-0.15, -0.1) is 0 Å². The Labute approximate surface area is 102 Å². The van der Waals surface area contributed by atoms with Gasteiger partial charge >= 0.3 is 0 Å². The molecule has 1 aliphatic carbocycles. The molecule has 3 heteroatoms. The molecule has 0 spiro atoms. The van der Waals surface area contributed by atoms with Gasteiger partial charge in [0.25, 0.3) is 0 Å². The first kappa shape index (κ1) is 10.6. The van der Waals surface area contributed by atoms with Gasteiger partial charge in [-0.05, 0) is 43.7 Å². The van der Waals surface area contributed by atoms with Gasteiger partial charge in [0.2, 0.25) is 0 Å². The van der Waals surface area contributed by atoms with Gasteiger partial charge in [-0.1, -0.05) is 6.07 Å². The van der Waals surface area contributed by atoms with Crippen LogP contribution in [0.3, 0.4) is 0 Å². The molecule has 3 rings (SSSR count). The maximum atomic E-state index is 9.28. The first-order valence-corrected chi connectivity index (χ1v) is 6.47. The normalized spacial score (nSPS) is 21.9.